The molecule has 70 valence electrons. The topological polar surface area (TPSA) is 9.23 Å². The maximum absolute atomic E-state index is 5.31. The summed E-state index contributed by atoms with van der Waals surface area (Å²) in [4.78, 5) is 5.31. The van der Waals surface area contributed by atoms with Crippen LogP contribution in [0, 0.1) is 17.9 Å². The molecular formula is C10H20NO+. The van der Waals surface area contributed by atoms with Gasteiger partial charge < -0.3 is 0 Å². The molecular weight excluding hydrogens is 150 g/mol. The Balaban J connectivity index is 3.76. The van der Waals surface area contributed by atoms with Crippen molar-refractivity contribution in [2.24, 2.45) is 5.92 Å². The summed E-state index contributed by atoms with van der Waals surface area (Å²) < 4.78 is 0.527. The van der Waals surface area contributed by atoms with Crippen molar-refractivity contribution in [2.45, 2.75) is 27.2 Å². The zero-order valence-electron chi connectivity index (χ0n) is 8.85. The molecule has 0 unspecified atom stereocenters. The van der Waals surface area contributed by atoms with E-state index in [1.807, 2.05) is 14.1 Å². The summed E-state index contributed by atoms with van der Waals surface area (Å²) in [7, 11) is 4.04. The van der Waals surface area contributed by atoms with Crippen LogP contribution in [-0.2, 0) is 4.84 Å². The maximum Gasteiger partial charge on any atom is 0.183 e. The van der Waals surface area contributed by atoms with Gasteiger partial charge in [-0.2, -0.15) is 0 Å². The fourth-order valence-corrected chi connectivity index (χ4v) is 0.784. The predicted octanol–water partition coefficient (Wildman–Crippen LogP) is 2.02. The van der Waals surface area contributed by atoms with Gasteiger partial charge in [0.05, 0.1) is 0 Å². The van der Waals surface area contributed by atoms with Gasteiger partial charge in [-0.25, -0.2) is 0 Å². The van der Waals surface area contributed by atoms with Crippen molar-refractivity contribution in [1.29, 1.82) is 0 Å². The van der Waals surface area contributed by atoms with Crippen LogP contribution < -0.4 is 0 Å². The Bertz CT molecular complexity index is 174. The number of hydroxylamine groups is 3. The van der Waals surface area contributed by atoms with E-state index in [1.165, 1.54) is 6.42 Å². The molecule has 0 aliphatic heterocycles. The molecule has 0 saturated heterocycles. The van der Waals surface area contributed by atoms with Crippen LogP contribution in [0.25, 0.3) is 0 Å². The van der Waals surface area contributed by atoms with E-state index >= 15 is 0 Å². The zero-order valence-corrected chi connectivity index (χ0v) is 8.85. The third-order valence-electron chi connectivity index (χ3n) is 1.64. The molecule has 2 nitrogen and oxygen atoms in total. The van der Waals surface area contributed by atoms with E-state index in [2.05, 4.69) is 25.9 Å². The van der Waals surface area contributed by atoms with Crippen molar-refractivity contribution in [1.82, 2.24) is 0 Å². The van der Waals surface area contributed by atoms with Crippen molar-refractivity contribution in [3.8, 4) is 12.0 Å². The normalized spacial score (nSPS) is 10.8. The van der Waals surface area contributed by atoms with Crippen LogP contribution in [0.3, 0.4) is 0 Å². The molecule has 0 fully saturated rings. The third kappa shape index (κ3) is 6.06. The Labute approximate surface area is 76.1 Å². The minimum absolute atomic E-state index is 0.527. The van der Waals surface area contributed by atoms with Gasteiger partial charge in [-0.1, -0.05) is 19.8 Å². The van der Waals surface area contributed by atoms with Crippen molar-refractivity contribution in [3.63, 3.8) is 0 Å². The quantitative estimate of drug-likeness (QED) is 0.356. The summed E-state index contributed by atoms with van der Waals surface area (Å²) >= 11 is 0. The molecule has 0 saturated carbocycles. The second-order valence-electron chi connectivity index (χ2n) is 3.92. The molecule has 0 rings (SSSR count). The number of hydrogen-bond acceptors (Lipinski definition) is 1. The van der Waals surface area contributed by atoms with Gasteiger partial charge in [0.15, 0.2) is 6.11 Å². The van der Waals surface area contributed by atoms with Gasteiger partial charge >= 0.3 is 0 Å². The Hall–Kier alpha value is -0.680. The first-order valence-electron chi connectivity index (χ1n) is 4.41. The number of rotatable bonds is 4. The van der Waals surface area contributed by atoms with E-state index in [4.69, 9.17) is 4.84 Å². The predicted molar refractivity (Wildman–Crippen MR) is 51.0 cm³/mol. The lowest BCUT2D eigenvalue weighted by atomic mass is 10.1. The molecule has 0 amide bonds. The fourth-order valence-electron chi connectivity index (χ4n) is 0.784. The van der Waals surface area contributed by atoms with Crippen LogP contribution in [0.15, 0.2) is 0 Å². The van der Waals surface area contributed by atoms with Crippen LogP contribution in [-0.4, -0.2) is 25.3 Å². The molecule has 0 aromatic rings. The van der Waals surface area contributed by atoms with E-state index in [0.717, 1.165) is 12.5 Å². The summed E-state index contributed by atoms with van der Waals surface area (Å²) in [5, 5.41) is 0. The highest BCUT2D eigenvalue weighted by Crippen LogP contribution is 2.06. The summed E-state index contributed by atoms with van der Waals surface area (Å²) in [6.45, 7) is 7.21. The van der Waals surface area contributed by atoms with Crippen LogP contribution in [0.2, 0.25) is 0 Å². The number of quaternary nitrogens is 1. The van der Waals surface area contributed by atoms with Crippen LogP contribution in [0.4, 0.5) is 0 Å². The molecule has 12 heavy (non-hydrogen) atoms. The van der Waals surface area contributed by atoms with Crippen LogP contribution in [0.5, 0.6) is 0 Å². The minimum atomic E-state index is 0.527. The maximum atomic E-state index is 5.31. The highest BCUT2D eigenvalue weighted by molar-refractivity contribution is 4.83. The molecule has 0 spiro atoms. The van der Waals surface area contributed by atoms with E-state index in [1.54, 1.807) is 6.92 Å². The molecule has 0 heterocycles. The average Bonchev–Trinajstić information content (AvgIpc) is 1.98. The lowest BCUT2D eigenvalue weighted by Crippen LogP contribution is -2.39. The van der Waals surface area contributed by atoms with E-state index in [-0.39, 0.29) is 0 Å². The van der Waals surface area contributed by atoms with E-state index in [9.17, 15) is 0 Å². The molecule has 0 N–H and O–H groups in total. The SMILES string of the molecule is CC#CO[N+](C)(C)CCC(C)C. The van der Waals surface area contributed by atoms with Crippen molar-refractivity contribution >= 4 is 0 Å². The van der Waals surface area contributed by atoms with E-state index in [0.29, 0.717) is 4.65 Å². The van der Waals surface area contributed by atoms with Crippen LogP contribution in [0.1, 0.15) is 27.2 Å². The largest absolute Gasteiger partial charge is 0.262 e. The lowest BCUT2D eigenvalue weighted by molar-refractivity contribution is -1.06. The second-order valence-corrected chi connectivity index (χ2v) is 3.92. The Morgan fingerprint density at radius 3 is 2.33 bits per heavy atom. The highest BCUT2D eigenvalue weighted by atomic mass is 16.7. The van der Waals surface area contributed by atoms with Gasteiger partial charge in [-0.15, -0.1) is 4.65 Å². The minimum Gasteiger partial charge on any atom is -0.262 e. The van der Waals surface area contributed by atoms with Gasteiger partial charge in [0, 0.05) is 13.3 Å². The first kappa shape index (κ1) is 11.3. The van der Waals surface area contributed by atoms with Gasteiger partial charge in [0.25, 0.3) is 0 Å². The van der Waals surface area contributed by atoms with Crippen LogP contribution >= 0.6 is 0 Å². The highest BCUT2D eigenvalue weighted by Gasteiger charge is 2.16. The first-order chi connectivity index (χ1) is 5.48. The summed E-state index contributed by atoms with van der Waals surface area (Å²) in [5.41, 5.74) is 0. The van der Waals surface area contributed by atoms with Crippen molar-refractivity contribution < 1.29 is 9.48 Å². The van der Waals surface area contributed by atoms with Crippen molar-refractivity contribution in [3.05, 3.63) is 0 Å². The fraction of sp³-hybridized carbons (Fsp3) is 0.800. The second kappa shape index (κ2) is 5.05. The van der Waals surface area contributed by atoms with Crippen molar-refractivity contribution in [2.75, 3.05) is 20.6 Å². The summed E-state index contributed by atoms with van der Waals surface area (Å²) in [6, 6.07) is 0. The Morgan fingerprint density at radius 2 is 1.92 bits per heavy atom. The molecule has 0 radical (unpaired) electrons. The van der Waals surface area contributed by atoms with E-state index < -0.39 is 0 Å². The molecule has 0 aromatic carbocycles. The molecule has 0 atom stereocenters. The third-order valence-corrected chi connectivity index (χ3v) is 1.64. The summed E-state index contributed by atoms with van der Waals surface area (Å²) in [5.74, 6) is 3.45. The first-order valence-corrected chi connectivity index (χ1v) is 4.41. The number of hydrogen-bond donors (Lipinski definition) is 0. The van der Waals surface area contributed by atoms with Gasteiger partial charge in [0.1, 0.15) is 20.6 Å². The molecule has 0 aliphatic carbocycles. The Morgan fingerprint density at radius 1 is 1.33 bits per heavy atom. The number of nitrogens with zero attached hydrogens (tertiary/aromatic N) is 1. The molecule has 2 heteroatoms. The molecule has 0 aromatic heterocycles. The zero-order chi connectivity index (χ0) is 9.61. The smallest absolute Gasteiger partial charge is 0.183 e. The molecule has 0 bridgehead atoms. The molecule has 0 aliphatic rings. The van der Waals surface area contributed by atoms with Gasteiger partial charge in [-0.05, 0) is 5.92 Å². The Kier molecular flexibility index (Phi) is 4.77. The standard InChI is InChI=1S/C10H20NO/c1-6-9-12-11(4,5)8-7-10(2)3/h10H,7-8H2,1-5H3/q+1. The van der Waals surface area contributed by atoms with Gasteiger partial charge in [-0.3, -0.25) is 4.84 Å². The average molecular weight is 170 g/mol. The monoisotopic (exact) mass is 170 g/mol. The van der Waals surface area contributed by atoms with Gasteiger partial charge in [0.2, 0.25) is 0 Å². The lowest BCUT2D eigenvalue weighted by Gasteiger charge is -2.24. The summed E-state index contributed by atoms with van der Waals surface area (Å²) in [6.07, 6.45) is 3.80.